The van der Waals surface area contributed by atoms with E-state index < -0.39 is 36.5 Å². The van der Waals surface area contributed by atoms with Crippen LogP contribution in [0.5, 0.6) is 5.88 Å². The number of ether oxygens (including phenoxy) is 2. The van der Waals surface area contributed by atoms with E-state index in [1.165, 1.54) is 49.2 Å². The number of hydrogen-bond acceptors (Lipinski definition) is 9. The van der Waals surface area contributed by atoms with Crippen molar-refractivity contribution < 1.29 is 36.6 Å². The Bertz CT molecular complexity index is 1500. The molecule has 4 rings (SSSR count). The van der Waals surface area contributed by atoms with Crippen LogP contribution in [0.25, 0.3) is 11.4 Å². The quantitative estimate of drug-likeness (QED) is 0.246. The summed E-state index contributed by atoms with van der Waals surface area (Å²) in [6, 6.07) is 6.22. The van der Waals surface area contributed by atoms with E-state index in [9.17, 15) is 27.2 Å². The SMILES string of the molecule is C[C@@H](OC(=O)Nc1c(-c2ccc(C(=O)Nc3ccnc(OC(F)F)c3)cn2)nnn1C)c1cc(F)cnc1F. The number of nitrogens with zero attached hydrogens (tertiary/aromatic N) is 6. The molecule has 2 amide bonds. The van der Waals surface area contributed by atoms with Crippen molar-refractivity contribution >= 4 is 23.5 Å². The van der Waals surface area contributed by atoms with E-state index in [1.54, 1.807) is 0 Å². The number of anilines is 2. The normalized spacial score (nSPS) is 11.7. The van der Waals surface area contributed by atoms with Crippen LogP contribution in [0.3, 0.4) is 0 Å². The van der Waals surface area contributed by atoms with Crippen LogP contribution < -0.4 is 15.4 Å². The van der Waals surface area contributed by atoms with E-state index in [0.717, 1.165) is 12.1 Å². The van der Waals surface area contributed by atoms with Crippen molar-refractivity contribution in [2.45, 2.75) is 19.6 Å². The molecule has 12 nitrogen and oxygen atoms in total. The average molecular weight is 546 g/mol. The molecule has 4 heterocycles. The average Bonchev–Trinajstić information content (AvgIpc) is 3.24. The Hall–Kier alpha value is -5.15. The van der Waals surface area contributed by atoms with Crippen LogP contribution in [0.2, 0.25) is 0 Å². The summed E-state index contributed by atoms with van der Waals surface area (Å²) in [6.45, 7) is -1.73. The van der Waals surface area contributed by atoms with Crippen LogP contribution in [-0.4, -0.2) is 48.6 Å². The first-order chi connectivity index (χ1) is 18.6. The van der Waals surface area contributed by atoms with Gasteiger partial charge in [-0.05, 0) is 31.2 Å². The highest BCUT2D eigenvalue weighted by molar-refractivity contribution is 6.04. The van der Waals surface area contributed by atoms with Gasteiger partial charge >= 0.3 is 12.7 Å². The monoisotopic (exact) mass is 546 g/mol. The van der Waals surface area contributed by atoms with Gasteiger partial charge in [0.15, 0.2) is 11.5 Å². The van der Waals surface area contributed by atoms with Gasteiger partial charge in [0.25, 0.3) is 5.91 Å². The molecule has 39 heavy (non-hydrogen) atoms. The summed E-state index contributed by atoms with van der Waals surface area (Å²) in [5.41, 5.74) is 0.366. The zero-order valence-electron chi connectivity index (χ0n) is 20.1. The van der Waals surface area contributed by atoms with Crippen LogP contribution in [0.1, 0.15) is 28.9 Å². The van der Waals surface area contributed by atoms with E-state index in [4.69, 9.17) is 4.74 Å². The number of carbonyl (C=O) groups excluding carboxylic acids is 2. The Morgan fingerprint density at radius 1 is 1.03 bits per heavy atom. The van der Waals surface area contributed by atoms with Crippen LogP contribution in [0.15, 0.2) is 48.9 Å². The van der Waals surface area contributed by atoms with E-state index in [2.05, 4.69) is 40.6 Å². The standard InChI is InChI=1S/C23H18F4N8O4/c1-11(15-7-13(24)10-30-19(15)25)38-23(37)32-20-18(33-34-35(20)2)16-4-3-12(9-29-16)21(36)31-14-5-6-28-17(8-14)39-22(26)27/h3-11,22H,1-2H3,(H,32,37)(H,28,31,36)/t11-/m1/s1. The molecule has 1 atom stereocenters. The molecule has 0 fully saturated rings. The number of carbonyl (C=O) groups is 2. The maximum atomic E-state index is 13.9. The highest BCUT2D eigenvalue weighted by Crippen LogP contribution is 2.26. The lowest BCUT2D eigenvalue weighted by Crippen LogP contribution is -2.19. The number of amides is 2. The predicted molar refractivity (Wildman–Crippen MR) is 126 cm³/mol. The fraction of sp³-hybridized carbons (Fsp3) is 0.174. The fourth-order valence-corrected chi connectivity index (χ4v) is 3.26. The van der Waals surface area contributed by atoms with Gasteiger partial charge in [-0.3, -0.25) is 15.1 Å². The zero-order chi connectivity index (χ0) is 28.1. The van der Waals surface area contributed by atoms with Crippen molar-refractivity contribution in [3.63, 3.8) is 0 Å². The number of hydrogen-bond donors (Lipinski definition) is 2. The molecular formula is C23H18F4N8O4. The van der Waals surface area contributed by atoms with Gasteiger partial charge in [-0.25, -0.2) is 23.8 Å². The molecule has 16 heteroatoms. The van der Waals surface area contributed by atoms with Crippen LogP contribution in [-0.2, 0) is 11.8 Å². The lowest BCUT2D eigenvalue weighted by atomic mass is 10.2. The second kappa shape index (κ2) is 11.5. The Balaban J connectivity index is 1.44. The summed E-state index contributed by atoms with van der Waals surface area (Å²) in [7, 11) is 1.48. The maximum absolute atomic E-state index is 13.9. The molecule has 4 aromatic rings. The van der Waals surface area contributed by atoms with Crippen molar-refractivity contribution in [3.8, 4) is 17.3 Å². The van der Waals surface area contributed by atoms with Crippen molar-refractivity contribution in [1.82, 2.24) is 29.9 Å². The molecule has 0 aliphatic rings. The van der Waals surface area contributed by atoms with Gasteiger partial charge < -0.3 is 14.8 Å². The lowest BCUT2D eigenvalue weighted by Gasteiger charge is -2.15. The summed E-state index contributed by atoms with van der Waals surface area (Å²) in [4.78, 5) is 36.1. The van der Waals surface area contributed by atoms with Gasteiger partial charge in [0.2, 0.25) is 11.8 Å². The molecule has 0 spiro atoms. The van der Waals surface area contributed by atoms with Crippen molar-refractivity contribution in [2.75, 3.05) is 10.6 Å². The van der Waals surface area contributed by atoms with E-state index in [-0.39, 0.29) is 39.9 Å². The minimum absolute atomic E-state index is 0.0677. The molecule has 0 saturated heterocycles. The third-order valence-corrected chi connectivity index (χ3v) is 5.07. The fourth-order valence-electron chi connectivity index (χ4n) is 3.26. The largest absolute Gasteiger partial charge is 0.441 e. The number of alkyl halides is 2. The summed E-state index contributed by atoms with van der Waals surface area (Å²) in [6.07, 6.45) is 0.922. The number of nitrogens with one attached hydrogen (secondary N) is 2. The van der Waals surface area contributed by atoms with Crippen molar-refractivity contribution in [1.29, 1.82) is 0 Å². The first-order valence-electron chi connectivity index (χ1n) is 11.0. The summed E-state index contributed by atoms with van der Waals surface area (Å²) in [5, 5.41) is 12.7. The smallest absolute Gasteiger partial charge is 0.413 e. The van der Waals surface area contributed by atoms with Gasteiger partial charge in [-0.15, -0.1) is 5.10 Å². The summed E-state index contributed by atoms with van der Waals surface area (Å²) < 4.78 is 62.6. The number of aryl methyl sites for hydroxylation is 1. The van der Waals surface area contributed by atoms with E-state index >= 15 is 0 Å². The second-order valence-electron chi connectivity index (χ2n) is 7.76. The first kappa shape index (κ1) is 26.9. The Labute approximate surface area is 217 Å². The topological polar surface area (TPSA) is 146 Å². The Morgan fingerprint density at radius 2 is 1.82 bits per heavy atom. The third-order valence-electron chi connectivity index (χ3n) is 5.07. The van der Waals surface area contributed by atoms with Crippen LogP contribution >= 0.6 is 0 Å². The number of rotatable bonds is 8. The van der Waals surface area contributed by atoms with Crippen molar-refractivity contribution in [3.05, 3.63) is 71.8 Å². The Morgan fingerprint density at radius 3 is 2.54 bits per heavy atom. The molecule has 0 radical (unpaired) electrons. The third kappa shape index (κ3) is 6.60. The molecule has 4 aromatic heterocycles. The van der Waals surface area contributed by atoms with Gasteiger partial charge in [-0.2, -0.15) is 13.2 Å². The summed E-state index contributed by atoms with van der Waals surface area (Å²) >= 11 is 0. The number of halogens is 4. The summed E-state index contributed by atoms with van der Waals surface area (Å²) in [5.74, 6) is -2.69. The van der Waals surface area contributed by atoms with Gasteiger partial charge in [0.1, 0.15) is 11.9 Å². The van der Waals surface area contributed by atoms with E-state index in [1.807, 2.05) is 0 Å². The van der Waals surface area contributed by atoms with Gasteiger partial charge in [0, 0.05) is 31.2 Å². The molecule has 0 bridgehead atoms. The maximum Gasteiger partial charge on any atom is 0.413 e. The van der Waals surface area contributed by atoms with E-state index in [0.29, 0.717) is 6.20 Å². The van der Waals surface area contributed by atoms with Crippen LogP contribution in [0, 0.1) is 11.8 Å². The molecule has 0 saturated carbocycles. The molecule has 0 aliphatic heterocycles. The molecule has 2 N–H and O–H groups in total. The lowest BCUT2D eigenvalue weighted by molar-refractivity contribution is -0.0528. The van der Waals surface area contributed by atoms with Gasteiger partial charge in [0.05, 0.1) is 23.0 Å². The van der Waals surface area contributed by atoms with Gasteiger partial charge in [-0.1, -0.05) is 5.21 Å². The molecule has 202 valence electrons. The number of aromatic nitrogens is 6. The first-order valence-corrected chi connectivity index (χ1v) is 11.0. The second-order valence-corrected chi connectivity index (χ2v) is 7.76. The molecule has 0 unspecified atom stereocenters. The van der Waals surface area contributed by atoms with Crippen molar-refractivity contribution in [2.24, 2.45) is 7.05 Å². The minimum Gasteiger partial charge on any atom is -0.441 e. The molecule has 0 aromatic carbocycles. The predicted octanol–water partition coefficient (Wildman–Crippen LogP) is 4.11. The van der Waals surface area contributed by atoms with Crippen LogP contribution in [0.4, 0.5) is 33.9 Å². The highest BCUT2D eigenvalue weighted by atomic mass is 19.3. The number of pyridine rings is 3. The Kier molecular flexibility index (Phi) is 7.93. The minimum atomic E-state index is -3.07. The molecule has 0 aliphatic carbocycles. The highest BCUT2D eigenvalue weighted by Gasteiger charge is 2.22. The molecular weight excluding hydrogens is 528 g/mol. The zero-order valence-corrected chi connectivity index (χ0v) is 20.1.